The van der Waals surface area contributed by atoms with Gasteiger partial charge in [0.1, 0.15) is 5.82 Å². The lowest BCUT2D eigenvalue weighted by molar-refractivity contribution is -0.138. The molecule has 0 aliphatic heterocycles. The van der Waals surface area contributed by atoms with Crippen LogP contribution in [0, 0.1) is 5.92 Å². The molecule has 3 rings (SSSR count). The molecule has 0 radical (unpaired) electrons. The zero-order chi connectivity index (χ0) is 14.8. The summed E-state index contributed by atoms with van der Waals surface area (Å²) in [6.07, 6.45) is 2.30. The number of hydrogen-bond donors (Lipinski definition) is 2. The molecule has 0 atom stereocenters. The van der Waals surface area contributed by atoms with E-state index in [1.54, 1.807) is 18.2 Å². The standard InChI is InChI=1S/C15H17N3O3/c19-14(20)9-18(7-10-5-6-10)8-13-16-12-4-2-1-3-11(12)15(21)17-13/h1-4,10H,5-9H2,(H,19,20)(H,16,17,21). The molecule has 0 spiro atoms. The minimum absolute atomic E-state index is 0.0347. The van der Waals surface area contributed by atoms with Crippen molar-refractivity contribution in [3.8, 4) is 0 Å². The molecule has 21 heavy (non-hydrogen) atoms. The second kappa shape index (κ2) is 5.65. The van der Waals surface area contributed by atoms with E-state index in [9.17, 15) is 9.59 Å². The van der Waals surface area contributed by atoms with Crippen LogP contribution >= 0.6 is 0 Å². The molecule has 0 saturated heterocycles. The van der Waals surface area contributed by atoms with Gasteiger partial charge in [0.2, 0.25) is 0 Å². The zero-order valence-corrected chi connectivity index (χ0v) is 11.6. The number of rotatable bonds is 6. The van der Waals surface area contributed by atoms with Crippen molar-refractivity contribution in [3.05, 3.63) is 40.4 Å². The van der Waals surface area contributed by atoms with E-state index in [0.29, 0.717) is 29.2 Å². The summed E-state index contributed by atoms with van der Waals surface area (Å²) >= 11 is 0. The Morgan fingerprint density at radius 1 is 1.38 bits per heavy atom. The van der Waals surface area contributed by atoms with Crippen molar-refractivity contribution in [2.75, 3.05) is 13.1 Å². The molecule has 1 fully saturated rings. The van der Waals surface area contributed by atoms with Crippen LogP contribution in [0.4, 0.5) is 0 Å². The van der Waals surface area contributed by atoms with Gasteiger partial charge in [0, 0.05) is 6.54 Å². The smallest absolute Gasteiger partial charge is 0.317 e. The number of fused-ring (bicyclic) bond motifs is 1. The molecule has 0 amide bonds. The number of para-hydroxylation sites is 1. The number of hydrogen-bond acceptors (Lipinski definition) is 4. The van der Waals surface area contributed by atoms with E-state index in [1.165, 1.54) is 0 Å². The van der Waals surface area contributed by atoms with Crippen molar-refractivity contribution < 1.29 is 9.90 Å². The normalized spacial score (nSPS) is 14.7. The lowest BCUT2D eigenvalue weighted by Crippen LogP contribution is -2.32. The van der Waals surface area contributed by atoms with E-state index >= 15 is 0 Å². The first-order valence-corrected chi connectivity index (χ1v) is 7.04. The average Bonchev–Trinajstić information content (AvgIpc) is 3.22. The Hall–Kier alpha value is -2.21. The van der Waals surface area contributed by atoms with Crippen LogP contribution < -0.4 is 5.56 Å². The summed E-state index contributed by atoms with van der Waals surface area (Å²) in [5.74, 6) is 0.232. The van der Waals surface area contributed by atoms with E-state index in [-0.39, 0.29) is 12.1 Å². The van der Waals surface area contributed by atoms with Crippen LogP contribution in [0.1, 0.15) is 18.7 Å². The minimum Gasteiger partial charge on any atom is -0.480 e. The Labute approximate surface area is 121 Å². The van der Waals surface area contributed by atoms with Gasteiger partial charge in [-0.2, -0.15) is 0 Å². The molecule has 6 heteroatoms. The predicted molar refractivity (Wildman–Crippen MR) is 78.0 cm³/mol. The van der Waals surface area contributed by atoms with Gasteiger partial charge in [0.15, 0.2) is 0 Å². The fourth-order valence-electron chi connectivity index (χ4n) is 2.46. The topological polar surface area (TPSA) is 86.3 Å². The number of H-pyrrole nitrogens is 1. The number of aromatic amines is 1. The first kappa shape index (κ1) is 13.8. The summed E-state index contributed by atoms with van der Waals surface area (Å²) in [4.78, 5) is 31.9. The number of nitrogens with zero attached hydrogens (tertiary/aromatic N) is 2. The number of aliphatic carboxylic acids is 1. The molecule has 1 aromatic carbocycles. The Kier molecular flexibility index (Phi) is 3.70. The van der Waals surface area contributed by atoms with Gasteiger partial charge in [-0.15, -0.1) is 0 Å². The fraction of sp³-hybridized carbons (Fsp3) is 0.400. The quantitative estimate of drug-likeness (QED) is 0.834. The summed E-state index contributed by atoms with van der Waals surface area (Å²) in [7, 11) is 0. The maximum Gasteiger partial charge on any atom is 0.317 e. The molecule has 1 aliphatic carbocycles. The van der Waals surface area contributed by atoms with Gasteiger partial charge in [-0.1, -0.05) is 12.1 Å². The van der Waals surface area contributed by atoms with Gasteiger partial charge >= 0.3 is 5.97 Å². The monoisotopic (exact) mass is 287 g/mol. The van der Waals surface area contributed by atoms with Crippen LogP contribution in [0.25, 0.3) is 10.9 Å². The third-order valence-corrected chi connectivity index (χ3v) is 3.61. The van der Waals surface area contributed by atoms with Gasteiger partial charge in [0.25, 0.3) is 5.56 Å². The molecule has 6 nitrogen and oxygen atoms in total. The van der Waals surface area contributed by atoms with Crippen LogP contribution in [-0.2, 0) is 11.3 Å². The van der Waals surface area contributed by atoms with Gasteiger partial charge in [0.05, 0.1) is 24.0 Å². The van der Waals surface area contributed by atoms with Crippen LogP contribution in [0.3, 0.4) is 0 Å². The van der Waals surface area contributed by atoms with E-state index in [1.807, 2.05) is 11.0 Å². The van der Waals surface area contributed by atoms with Gasteiger partial charge in [-0.05, 0) is 30.9 Å². The van der Waals surface area contributed by atoms with Crippen molar-refractivity contribution in [1.82, 2.24) is 14.9 Å². The molecule has 1 aliphatic rings. The number of carbonyl (C=O) groups is 1. The number of carboxylic acid groups (broad SMARTS) is 1. The largest absolute Gasteiger partial charge is 0.480 e. The van der Waals surface area contributed by atoms with Gasteiger partial charge in [-0.3, -0.25) is 14.5 Å². The van der Waals surface area contributed by atoms with Gasteiger partial charge < -0.3 is 10.1 Å². The maximum atomic E-state index is 12.0. The maximum absolute atomic E-state index is 12.0. The Bertz CT molecular complexity index is 721. The van der Waals surface area contributed by atoms with Crippen molar-refractivity contribution in [1.29, 1.82) is 0 Å². The SMILES string of the molecule is O=C(O)CN(Cc1nc2ccccc2c(=O)[nH]1)CC1CC1. The summed E-state index contributed by atoms with van der Waals surface area (Å²) in [5.41, 5.74) is 0.454. The Morgan fingerprint density at radius 3 is 2.86 bits per heavy atom. The number of carboxylic acids is 1. The van der Waals surface area contributed by atoms with Crippen molar-refractivity contribution >= 4 is 16.9 Å². The predicted octanol–water partition coefficient (Wildman–Crippen LogP) is 1.22. The molecule has 0 bridgehead atoms. The van der Waals surface area contributed by atoms with E-state index in [0.717, 1.165) is 19.4 Å². The lowest BCUT2D eigenvalue weighted by atomic mass is 10.2. The third-order valence-electron chi connectivity index (χ3n) is 3.61. The Morgan fingerprint density at radius 2 is 2.14 bits per heavy atom. The summed E-state index contributed by atoms with van der Waals surface area (Å²) < 4.78 is 0. The first-order valence-electron chi connectivity index (χ1n) is 7.04. The molecular weight excluding hydrogens is 270 g/mol. The third kappa shape index (κ3) is 3.46. The van der Waals surface area contributed by atoms with Crippen LogP contribution in [0.2, 0.25) is 0 Å². The first-order chi connectivity index (χ1) is 10.1. The second-order valence-corrected chi connectivity index (χ2v) is 5.54. The van der Waals surface area contributed by atoms with Gasteiger partial charge in [-0.25, -0.2) is 4.98 Å². The van der Waals surface area contributed by atoms with E-state index in [4.69, 9.17) is 5.11 Å². The van der Waals surface area contributed by atoms with Crippen molar-refractivity contribution in [3.63, 3.8) is 0 Å². The number of nitrogens with one attached hydrogen (secondary N) is 1. The van der Waals surface area contributed by atoms with Crippen LogP contribution in [-0.4, -0.2) is 39.0 Å². The molecule has 110 valence electrons. The highest BCUT2D eigenvalue weighted by molar-refractivity contribution is 5.77. The highest BCUT2D eigenvalue weighted by Gasteiger charge is 2.25. The number of benzene rings is 1. The molecule has 2 aromatic rings. The average molecular weight is 287 g/mol. The second-order valence-electron chi connectivity index (χ2n) is 5.54. The lowest BCUT2D eigenvalue weighted by Gasteiger charge is -2.19. The summed E-state index contributed by atoms with van der Waals surface area (Å²) in [6, 6.07) is 7.14. The zero-order valence-electron chi connectivity index (χ0n) is 11.6. The van der Waals surface area contributed by atoms with E-state index < -0.39 is 5.97 Å². The molecule has 2 N–H and O–H groups in total. The molecular formula is C15H17N3O3. The van der Waals surface area contributed by atoms with Crippen LogP contribution in [0.5, 0.6) is 0 Å². The molecule has 1 saturated carbocycles. The van der Waals surface area contributed by atoms with E-state index in [2.05, 4.69) is 9.97 Å². The van der Waals surface area contributed by atoms with Crippen molar-refractivity contribution in [2.45, 2.75) is 19.4 Å². The highest BCUT2D eigenvalue weighted by Crippen LogP contribution is 2.29. The summed E-state index contributed by atoms with van der Waals surface area (Å²) in [6.45, 7) is 1.05. The highest BCUT2D eigenvalue weighted by atomic mass is 16.4. The minimum atomic E-state index is -0.862. The van der Waals surface area contributed by atoms with Crippen molar-refractivity contribution in [2.24, 2.45) is 5.92 Å². The van der Waals surface area contributed by atoms with Crippen LogP contribution in [0.15, 0.2) is 29.1 Å². The Balaban J connectivity index is 1.84. The molecule has 1 aromatic heterocycles. The summed E-state index contributed by atoms with van der Waals surface area (Å²) in [5, 5.41) is 9.54. The fourth-order valence-corrected chi connectivity index (χ4v) is 2.46. The molecule has 1 heterocycles. The number of aromatic nitrogens is 2. The molecule has 0 unspecified atom stereocenters.